The standard InChI is InChI=1S/C17H15N3O3/c21-15(12-6-8-18-9-7-12)11-19-17(22)14-10-16(23-20-14)13-4-2-1-3-5-13/h1-10,15,21H,11H2,(H,19,22)/t15-/m0/s1. The fraction of sp³-hybridized carbons (Fsp3) is 0.118. The number of aliphatic hydroxyl groups is 1. The highest BCUT2D eigenvalue weighted by atomic mass is 16.5. The lowest BCUT2D eigenvalue weighted by molar-refractivity contribution is 0.0907. The van der Waals surface area contributed by atoms with Gasteiger partial charge in [-0.25, -0.2) is 0 Å². The van der Waals surface area contributed by atoms with Crippen LogP contribution in [-0.2, 0) is 0 Å². The quantitative estimate of drug-likeness (QED) is 0.754. The van der Waals surface area contributed by atoms with Gasteiger partial charge >= 0.3 is 0 Å². The Morgan fingerprint density at radius 2 is 1.91 bits per heavy atom. The fourth-order valence-electron chi connectivity index (χ4n) is 2.10. The zero-order valence-corrected chi connectivity index (χ0v) is 12.2. The zero-order valence-electron chi connectivity index (χ0n) is 12.2. The highest BCUT2D eigenvalue weighted by Gasteiger charge is 2.15. The molecule has 6 heteroatoms. The Morgan fingerprint density at radius 3 is 2.65 bits per heavy atom. The Hall–Kier alpha value is -2.99. The van der Waals surface area contributed by atoms with Crippen LogP contribution in [0.5, 0.6) is 0 Å². The molecule has 0 bridgehead atoms. The largest absolute Gasteiger partial charge is 0.387 e. The molecule has 2 N–H and O–H groups in total. The van der Waals surface area contributed by atoms with Gasteiger partial charge in [-0.1, -0.05) is 35.5 Å². The minimum atomic E-state index is -0.803. The van der Waals surface area contributed by atoms with Crippen LogP contribution < -0.4 is 5.32 Å². The van der Waals surface area contributed by atoms with Gasteiger partial charge in [0.15, 0.2) is 11.5 Å². The van der Waals surface area contributed by atoms with Gasteiger partial charge in [-0.3, -0.25) is 9.78 Å². The molecule has 0 spiro atoms. The summed E-state index contributed by atoms with van der Waals surface area (Å²) in [4.78, 5) is 15.9. The van der Waals surface area contributed by atoms with Gasteiger partial charge in [-0.2, -0.15) is 0 Å². The summed E-state index contributed by atoms with van der Waals surface area (Å²) in [5, 5.41) is 16.4. The van der Waals surface area contributed by atoms with E-state index in [9.17, 15) is 9.90 Å². The van der Waals surface area contributed by atoms with Crippen LogP contribution in [0.4, 0.5) is 0 Å². The van der Waals surface area contributed by atoms with E-state index in [2.05, 4.69) is 15.5 Å². The number of carbonyl (C=O) groups is 1. The first-order valence-corrected chi connectivity index (χ1v) is 7.12. The molecule has 2 aromatic heterocycles. The molecule has 2 heterocycles. The van der Waals surface area contributed by atoms with Crippen LogP contribution in [0.1, 0.15) is 22.2 Å². The molecule has 0 unspecified atom stereocenters. The predicted octanol–water partition coefficient (Wildman–Crippen LogP) is 2.20. The van der Waals surface area contributed by atoms with E-state index in [0.29, 0.717) is 11.3 Å². The predicted molar refractivity (Wildman–Crippen MR) is 83.5 cm³/mol. The molecule has 0 aliphatic heterocycles. The van der Waals surface area contributed by atoms with Gasteiger partial charge in [0, 0.05) is 30.6 Å². The fourth-order valence-corrected chi connectivity index (χ4v) is 2.10. The molecule has 1 aromatic carbocycles. The van der Waals surface area contributed by atoms with Crippen LogP contribution in [0.3, 0.4) is 0 Å². The Labute approximate surface area is 132 Å². The maximum Gasteiger partial charge on any atom is 0.273 e. The van der Waals surface area contributed by atoms with Crippen molar-refractivity contribution in [2.24, 2.45) is 0 Å². The highest BCUT2D eigenvalue weighted by molar-refractivity contribution is 5.93. The maximum atomic E-state index is 12.1. The van der Waals surface area contributed by atoms with E-state index >= 15 is 0 Å². The van der Waals surface area contributed by atoms with E-state index in [4.69, 9.17) is 4.52 Å². The molecule has 1 amide bonds. The Balaban J connectivity index is 1.62. The average Bonchev–Trinajstić information content (AvgIpc) is 3.11. The lowest BCUT2D eigenvalue weighted by Gasteiger charge is -2.10. The van der Waals surface area contributed by atoms with Crippen LogP contribution >= 0.6 is 0 Å². The smallest absolute Gasteiger partial charge is 0.273 e. The molecule has 6 nitrogen and oxygen atoms in total. The van der Waals surface area contributed by atoms with Gasteiger partial charge in [0.1, 0.15) is 0 Å². The second-order valence-corrected chi connectivity index (χ2v) is 4.95. The van der Waals surface area contributed by atoms with Crippen molar-refractivity contribution < 1.29 is 14.4 Å². The number of pyridine rings is 1. The summed E-state index contributed by atoms with van der Waals surface area (Å²) in [5.41, 5.74) is 1.70. The number of aromatic nitrogens is 2. The van der Waals surface area contributed by atoms with Crippen molar-refractivity contribution in [2.75, 3.05) is 6.54 Å². The Kier molecular flexibility index (Phi) is 4.44. The van der Waals surface area contributed by atoms with Gasteiger partial charge in [0.25, 0.3) is 5.91 Å². The zero-order chi connectivity index (χ0) is 16.1. The minimum Gasteiger partial charge on any atom is -0.387 e. The highest BCUT2D eigenvalue weighted by Crippen LogP contribution is 2.19. The van der Waals surface area contributed by atoms with Crippen LogP contribution in [-0.4, -0.2) is 27.7 Å². The first-order chi connectivity index (χ1) is 11.2. The van der Waals surface area contributed by atoms with Crippen LogP contribution in [0.2, 0.25) is 0 Å². The molecule has 0 saturated carbocycles. The molecule has 23 heavy (non-hydrogen) atoms. The third kappa shape index (κ3) is 3.61. The van der Waals surface area contributed by atoms with Crippen LogP contribution in [0.15, 0.2) is 65.4 Å². The van der Waals surface area contributed by atoms with Crippen molar-refractivity contribution in [1.29, 1.82) is 0 Å². The summed E-state index contributed by atoms with van der Waals surface area (Å²) in [6.07, 6.45) is 2.37. The van der Waals surface area contributed by atoms with E-state index in [1.165, 1.54) is 0 Å². The molecule has 0 radical (unpaired) electrons. The van der Waals surface area contributed by atoms with E-state index in [0.717, 1.165) is 5.56 Å². The summed E-state index contributed by atoms with van der Waals surface area (Å²) in [6, 6.07) is 14.4. The van der Waals surface area contributed by atoms with E-state index < -0.39 is 12.0 Å². The van der Waals surface area contributed by atoms with E-state index in [-0.39, 0.29) is 12.2 Å². The molecular formula is C17H15N3O3. The van der Waals surface area contributed by atoms with E-state index in [1.54, 1.807) is 30.6 Å². The summed E-state index contributed by atoms with van der Waals surface area (Å²) in [6.45, 7) is 0.0797. The third-order valence-corrected chi connectivity index (χ3v) is 3.35. The number of aliphatic hydroxyl groups excluding tert-OH is 1. The number of benzene rings is 1. The number of hydrogen-bond donors (Lipinski definition) is 2. The van der Waals surface area contributed by atoms with Gasteiger partial charge in [0.05, 0.1) is 6.10 Å². The molecule has 0 fully saturated rings. The molecular weight excluding hydrogens is 294 g/mol. The molecule has 0 aliphatic rings. The normalized spacial score (nSPS) is 11.9. The van der Waals surface area contributed by atoms with Gasteiger partial charge in [0.2, 0.25) is 0 Å². The second kappa shape index (κ2) is 6.85. The Bertz CT molecular complexity index is 772. The SMILES string of the molecule is O=C(NC[C@H](O)c1ccncc1)c1cc(-c2ccccc2)on1. The number of nitrogens with one attached hydrogen (secondary N) is 1. The molecule has 116 valence electrons. The van der Waals surface area contributed by atoms with Crippen molar-refractivity contribution >= 4 is 5.91 Å². The molecule has 0 saturated heterocycles. The number of rotatable bonds is 5. The van der Waals surface area contributed by atoms with E-state index in [1.807, 2.05) is 30.3 Å². The van der Waals surface area contributed by atoms with Crippen LogP contribution in [0, 0.1) is 0 Å². The van der Waals surface area contributed by atoms with Gasteiger partial charge < -0.3 is 14.9 Å². The van der Waals surface area contributed by atoms with Crippen molar-refractivity contribution in [3.8, 4) is 11.3 Å². The minimum absolute atomic E-state index is 0.0797. The van der Waals surface area contributed by atoms with Crippen LogP contribution in [0.25, 0.3) is 11.3 Å². The van der Waals surface area contributed by atoms with Crippen molar-refractivity contribution in [3.63, 3.8) is 0 Å². The number of hydrogen-bond acceptors (Lipinski definition) is 5. The Morgan fingerprint density at radius 1 is 1.17 bits per heavy atom. The summed E-state index contributed by atoms with van der Waals surface area (Å²) in [7, 11) is 0. The summed E-state index contributed by atoms with van der Waals surface area (Å²) >= 11 is 0. The monoisotopic (exact) mass is 309 g/mol. The number of nitrogens with zero attached hydrogens (tertiary/aromatic N) is 2. The molecule has 0 aliphatic carbocycles. The molecule has 3 rings (SSSR count). The number of carbonyl (C=O) groups excluding carboxylic acids is 1. The van der Waals surface area contributed by atoms with Crippen molar-refractivity contribution in [3.05, 3.63) is 72.2 Å². The second-order valence-electron chi connectivity index (χ2n) is 4.95. The summed E-state index contributed by atoms with van der Waals surface area (Å²) < 4.78 is 5.18. The molecule has 3 aromatic rings. The van der Waals surface area contributed by atoms with Crippen molar-refractivity contribution in [1.82, 2.24) is 15.5 Å². The average molecular weight is 309 g/mol. The first-order valence-electron chi connectivity index (χ1n) is 7.12. The van der Waals surface area contributed by atoms with Crippen molar-refractivity contribution in [2.45, 2.75) is 6.10 Å². The van der Waals surface area contributed by atoms with Gasteiger partial charge in [-0.15, -0.1) is 0 Å². The van der Waals surface area contributed by atoms with Gasteiger partial charge in [-0.05, 0) is 17.7 Å². The maximum absolute atomic E-state index is 12.1. The summed E-state index contributed by atoms with van der Waals surface area (Å²) in [5.74, 6) is 0.120. The lowest BCUT2D eigenvalue weighted by Crippen LogP contribution is -2.28. The topological polar surface area (TPSA) is 88.2 Å². The lowest BCUT2D eigenvalue weighted by atomic mass is 10.1. The first kappa shape index (κ1) is 14.9. The number of amides is 1. The molecule has 1 atom stereocenters. The third-order valence-electron chi connectivity index (χ3n) is 3.35.